The van der Waals surface area contributed by atoms with E-state index in [4.69, 9.17) is 10.7 Å². The van der Waals surface area contributed by atoms with Gasteiger partial charge >= 0.3 is 0 Å². The molecule has 0 aliphatic carbocycles. The van der Waals surface area contributed by atoms with Crippen molar-refractivity contribution in [1.82, 2.24) is 19.9 Å². The molecule has 1 amide bonds. The zero-order valence-electron chi connectivity index (χ0n) is 23.5. The second kappa shape index (κ2) is 11.7. The van der Waals surface area contributed by atoms with Crippen molar-refractivity contribution in [3.05, 3.63) is 120 Å². The van der Waals surface area contributed by atoms with E-state index in [1.54, 1.807) is 24.3 Å². The third-order valence-electron chi connectivity index (χ3n) is 7.56. The number of carbonyl (C=O) groups excluding carboxylic acids is 1. The predicted molar refractivity (Wildman–Crippen MR) is 168 cm³/mol. The molecule has 4 N–H and O–H groups in total. The number of nitrogens with zero attached hydrogens (tertiary/aromatic N) is 3. The number of amides is 1. The van der Waals surface area contributed by atoms with Crippen LogP contribution < -0.4 is 11.1 Å². The summed E-state index contributed by atoms with van der Waals surface area (Å²) in [5, 5.41) is 13.9. The van der Waals surface area contributed by atoms with Crippen LogP contribution in [0.5, 0.6) is 5.75 Å². The van der Waals surface area contributed by atoms with E-state index in [9.17, 15) is 9.90 Å². The lowest BCUT2D eigenvalue weighted by atomic mass is 10.0. The van der Waals surface area contributed by atoms with Crippen LogP contribution >= 0.6 is 0 Å². The van der Waals surface area contributed by atoms with E-state index in [0.717, 1.165) is 69.3 Å². The van der Waals surface area contributed by atoms with E-state index in [-0.39, 0.29) is 11.7 Å². The molecule has 0 fully saturated rings. The lowest BCUT2D eigenvalue weighted by Crippen LogP contribution is -2.22. The molecule has 4 aromatic carbocycles. The highest BCUT2D eigenvalue weighted by atomic mass is 16.3. The number of unbranched alkanes of at least 4 members (excludes halogenated alkanes) is 1. The molecule has 0 saturated heterocycles. The maximum Gasteiger partial charge on any atom is 0.251 e. The van der Waals surface area contributed by atoms with Gasteiger partial charge in [0.25, 0.3) is 5.91 Å². The topological polar surface area (TPSA) is 106 Å². The van der Waals surface area contributed by atoms with Gasteiger partial charge in [-0.05, 0) is 59.0 Å². The number of imidazole rings is 1. The number of rotatable bonds is 9. The van der Waals surface area contributed by atoms with Crippen LogP contribution in [-0.4, -0.2) is 25.5 Å². The first-order valence-electron chi connectivity index (χ1n) is 14.3. The van der Waals surface area contributed by atoms with Gasteiger partial charge in [0.15, 0.2) is 5.82 Å². The lowest BCUT2D eigenvalue weighted by Gasteiger charge is -2.12. The zero-order chi connectivity index (χ0) is 29.1. The molecule has 0 saturated carbocycles. The molecule has 6 aromatic rings. The number of phenolic OH excluding ortho intramolecular Hbond substituents is 1. The molecule has 0 spiro atoms. The first kappa shape index (κ1) is 27.0. The fourth-order valence-electron chi connectivity index (χ4n) is 5.36. The van der Waals surface area contributed by atoms with E-state index < -0.39 is 0 Å². The Morgan fingerprint density at radius 1 is 0.881 bits per heavy atom. The summed E-state index contributed by atoms with van der Waals surface area (Å²) >= 11 is 0. The fourth-order valence-corrected chi connectivity index (χ4v) is 5.36. The van der Waals surface area contributed by atoms with Gasteiger partial charge in [-0.1, -0.05) is 80.1 Å². The summed E-state index contributed by atoms with van der Waals surface area (Å²) in [6, 6.07) is 30.8. The maximum absolute atomic E-state index is 12.9. The van der Waals surface area contributed by atoms with E-state index in [0.29, 0.717) is 24.5 Å². The normalized spacial score (nSPS) is 11.3. The molecular formula is C35H33N5O2. The van der Waals surface area contributed by atoms with Crippen LogP contribution in [0.3, 0.4) is 0 Å². The molecule has 0 aliphatic rings. The maximum atomic E-state index is 12.9. The van der Waals surface area contributed by atoms with Crippen LogP contribution in [0.4, 0.5) is 5.82 Å². The number of carbonyl (C=O) groups is 1. The molecule has 0 aliphatic heterocycles. The number of nitrogens with two attached hydrogens (primary N) is 1. The largest absolute Gasteiger partial charge is 0.508 e. The SMILES string of the molecule is CCCCc1nc2c(N)nc3ccccc3c2n1Cc1ccc(CNC(=O)c2cccc(-c3cccc(O)c3)c2)cc1. The van der Waals surface area contributed by atoms with Crippen LogP contribution in [0.1, 0.15) is 47.1 Å². The molecule has 2 heterocycles. The summed E-state index contributed by atoms with van der Waals surface area (Å²) in [5.74, 6) is 1.52. The van der Waals surface area contributed by atoms with E-state index in [2.05, 4.69) is 52.1 Å². The first-order valence-corrected chi connectivity index (χ1v) is 14.3. The smallest absolute Gasteiger partial charge is 0.251 e. The standard InChI is InChI=1S/C35H33N5O2/c1-2-3-14-31-39-32-33(29-12-4-5-13-30(29)38-34(32)36)40(31)22-24-17-15-23(16-18-24)21-37-35(42)27-10-6-8-25(19-27)26-9-7-11-28(41)20-26/h4-13,15-20,41H,2-3,14,21-22H2,1H3,(H2,36,38)(H,37,42). The Kier molecular flexibility index (Phi) is 7.56. The van der Waals surface area contributed by atoms with Crippen molar-refractivity contribution in [3.63, 3.8) is 0 Å². The number of aromatic hydroxyl groups is 1. The molecule has 7 nitrogen and oxygen atoms in total. The van der Waals surface area contributed by atoms with E-state index >= 15 is 0 Å². The summed E-state index contributed by atoms with van der Waals surface area (Å²) in [6.07, 6.45) is 3.00. The van der Waals surface area contributed by atoms with Crippen molar-refractivity contribution < 1.29 is 9.90 Å². The van der Waals surface area contributed by atoms with Crippen molar-refractivity contribution in [2.24, 2.45) is 0 Å². The number of anilines is 1. The number of aryl methyl sites for hydroxylation is 1. The van der Waals surface area contributed by atoms with Gasteiger partial charge in [-0.3, -0.25) is 4.79 Å². The Morgan fingerprint density at radius 2 is 1.62 bits per heavy atom. The second-order valence-electron chi connectivity index (χ2n) is 10.6. The molecule has 210 valence electrons. The van der Waals surface area contributed by atoms with Crippen molar-refractivity contribution in [1.29, 1.82) is 0 Å². The van der Waals surface area contributed by atoms with Crippen LogP contribution in [-0.2, 0) is 19.5 Å². The van der Waals surface area contributed by atoms with Gasteiger partial charge in [0, 0.05) is 30.5 Å². The van der Waals surface area contributed by atoms with Gasteiger partial charge in [-0.15, -0.1) is 0 Å². The number of phenols is 1. The summed E-state index contributed by atoms with van der Waals surface area (Å²) in [4.78, 5) is 22.5. The second-order valence-corrected chi connectivity index (χ2v) is 10.6. The monoisotopic (exact) mass is 555 g/mol. The summed E-state index contributed by atoms with van der Waals surface area (Å²) < 4.78 is 2.28. The lowest BCUT2D eigenvalue weighted by molar-refractivity contribution is 0.0951. The average molecular weight is 556 g/mol. The highest BCUT2D eigenvalue weighted by Crippen LogP contribution is 2.30. The Balaban J connectivity index is 1.20. The number of benzene rings is 4. The highest BCUT2D eigenvalue weighted by Gasteiger charge is 2.17. The molecule has 0 radical (unpaired) electrons. The van der Waals surface area contributed by atoms with Gasteiger partial charge in [0.1, 0.15) is 17.1 Å². The number of fused-ring (bicyclic) bond motifs is 3. The summed E-state index contributed by atoms with van der Waals surface area (Å²) in [5.41, 5.74) is 13.5. The number of nitrogens with one attached hydrogen (secondary N) is 1. The molecule has 0 bridgehead atoms. The van der Waals surface area contributed by atoms with Crippen LogP contribution in [0.15, 0.2) is 97.1 Å². The van der Waals surface area contributed by atoms with E-state index in [1.165, 1.54) is 0 Å². The summed E-state index contributed by atoms with van der Waals surface area (Å²) in [7, 11) is 0. The third-order valence-corrected chi connectivity index (χ3v) is 7.56. The minimum atomic E-state index is -0.149. The molecule has 0 unspecified atom stereocenters. The van der Waals surface area contributed by atoms with Crippen LogP contribution in [0.2, 0.25) is 0 Å². The molecule has 42 heavy (non-hydrogen) atoms. The van der Waals surface area contributed by atoms with Crippen molar-refractivity contribution in [3.8, 4) is 16.9 Å². The quantitative estimate of drug-likeness (QED) is 0.181. The Bertz CT molecular complexity index is 1890. The average Bonchev–Trinajstić information content (AvgIpc) is 3.38. The molecular weight excluding hydrogens is 522 g/mol. The van der Waals surface area contributed by atoms with Gasteiger partial charge in [0.2, 0.25) is 0 Å². The molecule has 7 heteroatoms. The highest BCUT2D eigenvalue weighted by molar-refractivity contribution is 6.06. The molecule has 0 atom stereocenters. The first-order chi connectivity index (χ1) is 20.5. The van der Waals surface area contributed by atoms with Gasteiger partial charge in [-0.2, -0.15) is 0 Å². The van der Waals surface area contributed by atoms with E-state index in [1.807, 2.05) is 42.5 Å². The summed E-state index contributed by atoms with van der Waals surface area (Å²) in [6.45, 7) is 3.26. The number of hydrogen-bond acceptors (Lipinski definition) is 5. The Morgan fingerprint density at radius 3 is 2.40 bits per heavy atom. The van der Waals surface area contributed by atoms with Crippen LogP contribution in [0.25, 0.3) is 33.1 Å². The number of aromatic nitrogens is 3. The van der Waals surface area contributed by atoms with Crippen molar-refractivity contribution in [2.45, 2.75) is 39.3 Å². The third kappa shape index (κ3) is 5.54. The number of nitrogen functional groups attached to an aromatic ring is 1. The molecule has 2 aromatic heterocycles. The minimum Gasteiger partial charge on any atom is -0.508 e. The number of hydrogen-bond donors (Lipinski definition) is 3. The van der Waals surface area contributed by atoms with Gasteiger partial charge in [-0.25, -0.2) is 9.97 Å². The van der Waals surface area contributed by atoms with Crippen LogP contribution in [0, 0.1) is 0 Å². The van der Waals surface area contributed by atoms with Gasteiger partial charge < -0.3 is 20.7 Å². The van der Waals surface area contributed by atoms with Crippen molar-refractivity contribution >= 4 is 33.7 Å². The number of para-hydroxylation sites is 1. The Hall–Kier alpha value is -5.17. The fraction of sp³-hybridized carbons (Fsp3) is 0.171. The molecule has 6 rings (SSSR count). The minimum absolute atomic E-state index is 0.149. The Labute approximate surface area is 244 Å². The predicted octanol–water partition coefficient (Wildman–Crippen LogP) is 6.86. The van der Waals surface area contributed by atoms with Gasteiger partial charge in [0.05, 0.1) is 11.0 Å². The number of pyridine rings is 1. The zero-order valence-corrected chi connectivity index (χ0v) is 23.5. The van der Waals surface area contributed by atoms with Crippen molar-refractivity contribution in [2.75, 3.05) is 5.73 Å².